The summed E-state index contributed by atoms with van der Waals surface area (Å²) >= 11 is 0. The maximum absolute atomic E-state index is 8.45. The Bertz CT molecular complexity index is 115. The van der Waals surface area contributed by atoms with Crippen molar-refractivity contribution in [2.75, 3.05) is 52.9 Å². The number of rotatable bonds is 10. The molecule has 0 aromatic carbocycles. The van der Waals surface area contributed by atoms with Crippen LogP contribution in [-0.2, 0) is 9.47 Å². The highest BCUT2D eigenvalue weighted by Crippen LogP contribution is 1.84. The highest BCUT2D eigenvalue weighted by Gasteiger charge is 1.96. The maximum atomic E-state index is 8.45. The van der Waals surface area contributed by atoms with Gasteiger partial charge in [-0.05, 0) is 6.42 Å². The zero-order valence-corrected chi connectivity index (χ0v) is 9.99. The summed E-state index contributed by atoms with van der Waals surface area (Å²) in [4.78, 5) is 0. The van der Waals surface area contributed by atoms with Crippen LogP contribution in [0.5, 0.6) is 0 Å². The molecule has 17 heavy (non-hydrogen) atoms. The number of aliphatic hydroxyl groups excluding tert-OH is 5. The van der Waals surface area contributed by atoms with Gasteiger partial charge in [0, 0.05) is 6.61 Å². The maximum Gasteiger partial charge on any atom is 0.0792 e. The van der Waals surface area contributed by atoms with Gasteiger partial charge in [0.2, 0.25) is 0 Å². The number of hydrogen-bond donors (Lipinski definition) is 5. The summed E-state index contributed by atoms with van der Waals surface area (Å²) in [5.74, 6) is 0. The molecule has 0 bridgehead atoms. The first-order chi connectivity index (χ1) is 8.22. The molecule has 0 spiro atoms. The fraction of sp³-hybridized carbons (Fsp3) is 1.00. The molecule has 106 valence electrons. The van der Waals surface area contributed by atoms with Crippen LogP contribution < -0.4 is 0 Å². The van der Waals surface area contributed by atoms with Crippen LogP contribution in [0.25, 0.3) is 0 Å². The van der Waals surface area contributed by atoms with Gasteiger partial charge < -0.3 is 35.0 Å². The molecule has 1 atom stereocenters. The van der Waals surface area contributed by atoms with Crippen molar-refractivity contribution in [3.63, 3.8) is 0 Å². The summed E-state index contributed by atoms with van der Waals surface area (Å²) in [6.45, 7) is 1.40. The molecule has 0 heterocycles. The molecule has 0 aromatic rings. The van der Waals surface area contributed by atoms with E-state index in [1.807, 2.05) is 0 Å². The predicted molar refractivity (Wildman–Crippen MR) is 60.6 cm³/mol. The van der Waals surface area contributed by atoms with Crippen LogP contribution in [0.2, 0.25) is 0 Å². The lowest BCUT2D eigenvalue weighted by atomic mass is 10.3. The topological polar surface area (TPSA) is 120 Å². The molecular weight excluding hydrogens is 232 g/mol. The fourth-order valence-corrected chi connectivity index (χ4v) is 0.691. The van der Waals surface area contributed by atoms with Gasteiger partial charge >= 0.3 is 0 Å². The van der Waals surface area contributed by atoms with Gasteiger partial charge in [0.25, 0.3) is 0 Å². The lowest BCUT2D eigenvalue weighted by Gasteiger charge is -2.01. The molecule has 7 heteroatoms. The smallest absolute Gasteiger partial charge is 0.0792 e. The Labute approximate surface area is 101 Å². The lowest BCUT2D eigenvalue weighted by molar-refractivity contribution is 0.0222. The van der Waals surface area contributed by atoms with E-state index in [0.717, 1.165) is 0 Å². The zero-order chi connectivity index (χ0) is 13.4. The van der Waals surface area contributed by atoms with Crippen LogP contribution in [0.3, 0.4) is 0 Å². The van der Waals surface area contributed by atoms with Gasteiger partial charge in [-0.15, -0.1) is 0 Å². The van der Waals surface area contributed by atoms with Crippen molar-refractivity contribution in [1.29, 1.82) is 0 Å². The second kappa shape index (κ2) is 18.1. The Morgan fingerprint density at radius 2 is 1.18 bits per heavy atom. The molecule has 0 saturated heterocycles. The Morgan fingerprint density at radius 3 is 1.41 bits per heavy atom. The summed E-state index contributed by atoms with van der Waals surface area (Å²) in [7, 11) is 0. The first kappa shape index (κ1) is 19.1. The third-order valence-electron chi connectivity index (χ3n) is 1.52. The van der Waals surface area contributed by atoms with Crippen LogP contribution in [0, 0.1) is 0 Å². The largest absolute Gasteiger partial charge is 0.396 e. The number of aliphatic hydroxyl groups is 5. The van der Waals surface area contributed by atoms with E-state index in [-0.39, 0.29) is 32.8 Å². The predicted octanol–water partition coefficient (Wildman–Crippen LogP) is -2.27. The molecule has 0 amide bonds. The van der Waals surface area contributed by atoms with Gasteiger partial charge in [-0.25, -0.2) is 0 Å². The molecule has 5 N–H and O–H groups in total. The third kappa shape index (κ3) is 21.5. The van der Waals surface area contributed by atoms with Crippen molar-refractivity contribution in [3.8, 4) is 0 Å². The average Bonchev–Trinajstić information content (AvgIpc) is 2.35. The minimum atomic E-state index is -0.745. The monoisotopic (exact) mass is 256 g/mol. The van der Waals surface area contributed by atoms with Gasteiger partial charge in [-0.2, -0.15) is 0 Å². The Hall–Kier alpha value is -0.280. The standard InChI is InChI=1S/C6H14O4.C4H10O3/c7-1-3-9-5-6-10-4-2-8;5-2-1-4(7)3-6/h7-8H,1-6H2;4-7H,1-3H2. The molecule has 0 radical (unpaired) electrons. The first-order valence-electron chi connectivity index (χ1n) is 5.49. The fourth-order valence-electron chi connectivity index (χ4n) is 0.691. The summed E-state index contributed by atoms with van der Waals surface area (Å²) in [5, 5.41) is 41.2. The van der Waals surface area contributed by atoms with E-state index in [2.05, 4.69) is 0 Å². The van der Waals surface area contributed by atoms with E-state index >= 15 is 0 Å². The summed E-state index contributed by atoms with van der Waals surface area (Å²) < 4.78 is 9.75. The minimum absolute atomic E-state index is 0.0417. The van der Waals surface area contributed by atoms with Gasteiger partial charge in [-0.3, -0.25) is 0 Å². The zero-order valence-electron chi connectivity index (χ0n) is 9.99. The van der Waals surface area contributed by atoms with E-state index in [9.17, 15) is 0 Å². The van der Waals surface area contributed by atoms with E-state index < -0.39 is 6.10 Å². The molecular formula is C10H24O7. The number of ether oxygens (including phenoxy) is 2. The van der Waals surface area contributed by atoms with Crippen LogP contribution in [0.1, 0.15) is 6.42 Å². The second-order valence-corrected chi connectivity index (χ2v) is 3.02. The summed E-state index contributed by atoms with van der Waals surface area (Å²) in [6.07, 6.45) is -0.485. The Morgan fingerprint density at radius 1 is 0.706 bits per heavy atom. The quantitative estimate of drug-likeness (QED) is 0.279. The van der Waals surface area contributed by atoms with Crippen molar-refractivity contribution < 1.29 is 35.0 Å². The van der Waals surface area contributed by atoms with Crippen LogP contribution in [0.15, 0.2) is 0 Å². The molecule has 0 fully saturated rings. The van der Waals surface area contributed by atoms with Crippen molar-refractivity contribution in [1.82, 2.24) is 0 Å². The third-order valence-corrected chi connectivity index (χ3v) is 1.52. The molecule has 0 aliphatic rings. The van der Waals surface area contributed by atoms with Crippen LogP contribution in [0.4, 0.5) is 0 Å². The normalized spacial score (nSPS) is 11.8. The SMILES string of the molecule is OCCC(O)CO.OCCOCCOCCO. The van der Waals surface area contributed by atoms with Crippen LogP contribution >= 0.6 is 0 Å². The molecule has 0 aliphatic heterocycles. The first-order valence-corrected chi connectivity index (χ1v) is 5.49. The van der Waals surface area contributed by atoms with E-state index in [1.54, 1.807) is 0 Å². The van der Waals surface area contributed by atoms with E-state index in [1.165, 1.54) is 0 Å². The number of hydrogen-bond acceptors (Lipinski definition) is 7. The molecule has 1 unspecified atom stereocenters. The van der Waals surface area contributed by atoms with E-state index in [4.69, 9.17) is 35.0 Å². The Balaban J connectivity index is 0. The van der Waals surface area contributed by atoms with Crippen molar-refractivity contribution in [3.05, 3.63) is 0 Å². The summed E-state index contributed by atoms with van der Waals surface area (Å²) in [6, 6.07) is 0. The lowest BCUT2D eigenvalue weighted by Crippen LogP contribution is -2.12. The van der Waals surface area contributed by atoms with Crippen LogP contribution in [-0.4, -0.2) is 84.5 Å². The molecule has 0 aromatic heterocycles. The Kier molecular flexibility index (Phi) is 20.3. The average molecular weight is 256 g/mol. The molecule has 0 aliphatic carbocycles. The molecule has 0 rings (SSSR count). The van der Waals surface area contributed by atoms with Crippen molar-refractivity contribution in [2.45, 2.75) is 12.5 Å². The van der Waals surface area contributed by atoms with Gasteiger partial charge in [0.15, 0.2) is 0 Å². The van der Waals surface area contributed by atoms with Gasteiger partial charge in [-0.1, -0.05) is 0 Å². The summed E-state index contributed by atoms with van der Waals surface area (Å²) in [5.41, 5.74) is 0. The molecule has 7 nitrogen and oxygen atoms in total. The minimum Gasteiger partial charge on any atom is -0.396 e. The van der Waals surface area contributed by atoms with Gasteiger partial charge in [0.05, 0.1) is 52.4 Å². The molecule has 0 saturated carbocycles. The van der Waals surface area contributed by atoms with Crippen molar-refractivity contribution in [2.24, 2.45) is 0 Å². The van der Waals surface area contributed by atoms with Gasteiger partial charge in [0.1, 0.15) is 0 Å². The highest BCUT2D eigenvalue weighted by atomic mass is 16.5. The van der Waals surface area contributed by atoms with E-state index in [0.29, 0.717) is 26.4 Å². The highest BCUT2D eigenvalue weighted by molar-refractivity contribution is 4.48. The second-order valence-electron chi connectivity index (χ2n) is 3.02. The van der Waals surface area contributed by atoms with Crippen molar-refractivity contribution >= 4 is 0 Å².